The molecular weight excluding hydrogens is 188 g/mol. The zero-order valence-electron chi connectivity index (χ0n) is 9.50. The van der Waals surface area contributed by atoms with Gasteiger partial charge in [-0.15, -0.1) is 0 Å². The smallest absolute Gasteiger partial charge is 0.161 e. The van der Waals surface area contributed by atoms with Crippen LogP contribution in [0.2, 0.25) is 0 Å². The van der Waals surface area contributed by atoms with Crippen molar-refractivity contribution in [3.8, 4) is 0 Å². The molecule has 0 aromatic carbocycles. The first-order chi connectivity index (χ1) is 7.08. The van der Waals surface area contributed by atoms with Crippen LogP contribution in [0.25, 0.3) is 0 Å². The molecule has 2 heterocycles. The van der Waals surface area contributed by atoms with Crippen molar-refractivity contribution in [3.05, 3.63) is 17.1 Å². The molecule has 4 heteroatoms. The van der Waals surface area contributed by atoms with Crippen molar-refractivity contribution in [2.45, 2.75) is 34.2 Å². The van der Waals surface area contributed by atoms with Crippen LogP contribution in [0.5, 0.6) is 0 Å². The van der Waals surface area contributed by atoms with Crippen molar-refractivity contribution < 1.29 is 0 Å². The highest BCUT2D eigenvalue weighted by molar-refractivity contribution is 6.41. The van der Waals surface area contributed by atoms with E-state index in [9.17, 15) is 0 Å². The first-order valence-electron chi connectivity index (χ1n) is 4.99. The van der Waals surface area contributed by atoms with Crippen LogP contribution in [0.4, 0.5) is 5.82 Å². The Labute approximate surface area is 89.2 Å². The summed E-state index contributed by atoms with van der Waals surface area (Å²) in [6.07, 6.45) is 0. The van der Waals surface area contributed by atoms with E-state index in [1.165, 1.54) is 0 Å². The van der Waals surface area contributed by atoms with Gasteiger partial charge in [-0.3, -0.25) is 4.99 Å². The lowest BCUT2D eigenvalue weighted by molar-refractivity contribution is 0.934. The number of fused-ring (bicyclic) bond motifs is 1. The van der Waals surface area contributed by atoms with Crippen LogP contribution in [-0.2, 0) is 6.54 Å². The van der Waals surface area contributed by atoms with Gasteiger partial charge < -0.3 is 0 Å². The summed E-state index contributed by atoms with van der Waals surface area (Å²) < 4.78 is 0. The van der Waals surface area contributed by atoms with Crippen LogP contribution >= 0.6 is 0 Å². The highest BCUT2D eigenvalue weighted by Crippen LogP contribution is 2.22. The molecule has 0 bridgehead atoms. The van der Waals surface area contributed by atoms with Crippen LogP contribution in [0.15, 0.2) is 9.98 Å². The molecule has 0 atom stereocenters. The summed E-state index contributed by atoms with van der Waals surface area (Å²) in [5, 5.41) is 0. The average molecular weight is 202 g/mol. The molecule has 1 aromatic rings. The van der Waals surface area contributed by atoms with Crippen LogP contribution in [-0.4, -0.2) is 21.4 Å². The summed E-state index contributed by atoms with van der Waals surface area (Å²) in [4.78, 5) is 17.6. The minimum Gasteiger partial charge on any atom is -0.283 e. The number of nitrogens with zero attached hydrogens (tertiary/aromatic N) is 4. The van der Waals surface area contributed by atoms with Crippen molar-refractivity contribution in [2.75, 3.05) is 0 Å². The van der Waals surface area contributed by atoms with Gasteiger partial charge in [-0.05, 0) is 27.7 Å². The molecule has 1 aliphatic rings. The molecule has 0 spiro atoms. The number of aliphatic imine (C=N–C) groups is 2. The molecule has 1 aliphatic heterocycles. The van der Waals surface area contributed by atoms with Gasteiger partial charge >= 0.3 is 0 Å². The van der Waals surface area contributed by atoms with E-state index < -0.39 is 0 Å². The molecule has 15 heavy (non-hydrogen) atoms. The third kappa shape index (κ3) is 1.79. The number of aromatic nitrogens is 2. The molecular formula is C11H14N4. The molecule has 0 N–H and O–H groups in total. The molecule has 0 radical (unpaired) electrons. The second-order valence-corrected chi connectivity index (χ2v) is 3.76. The third-order valence-electron chi connectivity index (χ3n) is 2.58. The van der Waals surface area contributed by atoms with Crippen molar-refractivity contribution in [1.82, 2.24) is 9.97 Å². The summed E-state index contributed by atoms with van der Waals surface area (Å²) in [7, 11) is 0. The molecule has 1 aromatic heterocycles. The Bertz CT molecular complexity index is 472. The SMILES string of the molecule is CC1=NCc2c(C)nc(C)nc2N=C1C. The van der Waals surface area contributed by atoms with Crippen molar-refractivity contribution >= 4 is 17.2 Å². The van der Waals surface area contributed by atoms with Crippen LogP contribution in [0.1, 0.15) is 30.9 Å². The Morgan fingerprint density at radius 1 is 0.933 bits per heavy atom. The Hall–Kier alpha value is -1.58. The molecule has 0 fully saturated rings. The highest BCUT2D eigenvalue weighted by Gasteiger charge is 2.13. The van der Waals surface area contributed by atoms with Crippen molar-refractivity contribution in [2.24, 2.45) is 9.98 Å². The van der Waals surface area contributed by atoms with Crippen LogP contribution in [0, 0.1) is 13.8 Å². The van der Waals surface area contributed by atoms with Gasteiger partial charge in [0, 0.05) is 11.3 Å². The Morgan fingerprint density at radius 3 is 2.40 bits per heavy atom. The predicted octanol–water partition coefficient (Wildman–Crippen LogP) is 2.16. The van der Waals surface area contributed by atoms with E-state index in [1.807, 2.05) is 27.7 Å². The van der Waals surface area contributed by atoms with Gasteiger partial charge in [0.2, 0.25) is 0 Å². The van der Waals surface area contributed by atoms with Gasteiger partial charge in [0.05, 0.1) is 18.0 Å². The molecule has 0 unspecified atom stereocenters. The zero-order valence-corrected chi connectivity index (χ0v) is 9.50. The third-order valence-corrected chi connectivity index (χ3v) is 2.58. The van der Waals surface area contributed by atoms with Crippen molar-refractivity contribution in [3.63, 3.8) is 0 Å². The van der Waals surface area contributed by atoms with Crippen LogP contribution in [0.3, 0.4) is 0 Å². The number of rotatable bonds is 0. The number of hydrogen-bond donors (Lipinski definition) is 0. The standard InChI is InChI=1S/C11H14N4/c1-6-7(2)14-11-10(5-12-6)8(3)13-9(4)15-11/h5H2,1-4H3. The maximum Gasteiger partial charge on any atom is 0.161 e. The van der Waals surface area contributed by atoms with E-state index in [0.717, 1.165) is 34.3 Å². The summed E-state index contributed by atoms with van der Waals surface area (Å²) in [6.45, 7) is 8.43. The summed E-state index contributed by atoms with van der Waals surface area (Å²) in [5.74, 6) is 1.54. The van der Waals surface area contributed by atoms with E-state index in [1.54, 1.807) is 0 Å². The highest BCUT2D eigenvalue weighted by atomic mass is 15.0. The van der Waals surface area contributed by atoms with Gasteiger partial charge in [-0.2, -0.15) is 0 Å². The first kappa shape index (κ1) is 9.96. The fourth-order valence-electron chi connectivity index (χ4n) is 1.55. The normalized spacial score (nSPS) is 15.2. The zero-order chi connectivity index (χ0) is 11.0. The Balaban J connectivity index is 2.64. The lowest BCUT2D eigenvalue weighted by Crippen LogP contribution is -2.03. The Kier molecular flexibility index (Phi) is 2.34. The fraction of sp³-hybridized carbons (Fsp3) is 0.455. The fourth-order valence-corrected chi connectivity index (χ4v) is 1.55. The average Bonchev–Trinajstić information content (AvgIpc) is 2.27. The molecule has 78 valence electrons. The van der Waals surface area contributed by atoms with Gasteiger partial charge in [0.15, 0.2) is 5.82 Å². The lowest BCUT2D eigenvalue weighted by atomic mass is 10.2. The van der Waals surface area contributed by atoms with Gasteiger partial charge in [0.25, 0.3) is 0 Å². The minimum atomic E-state index is 0.633. The maximum atomic E-state index is 4.48. The van der Waals surface area contributed by atoms with Crippen LogP contribution < -0.4 is 0 Å². The second-order valence-electron chi connectivity index (χ2n) is 3.76. The minimum absolute atomic E-state index is 0.633. The maximum absolute atomic E-state index is 4.48. The predicted molar refractivity (Wildman–Crippen MR) is 61.1 cm³/mol. The van der Waals surface area contributed by atoms with E-state index in [2.05, 4.69) is 20.0 Å². The topological polar surface area (TPSA) is 50.5 Å². The molecule has 0 aliphatic carbocycles. The van der Waals surface area contributed by atoms with E-state index in [4.69, 9.17) is 0 Å². The lowest BCUT2D eigenvalue weighted by Gasteiger charge is -2.05. The summed E-state index contributed by atoms with van der Waals surface area (Å²) >= 11 is 0. The Morgan fingerprint density at radius 2 is 1.67 bits per heavy atom. The number of aryl methyl sites for hydroxylation is 2. The molecule has 0 saturated heterocycles. The van der Waals surface area contributed by atoms with E-state index >= 15 is 0 Å². The second kappa shape index (κ2) is 3.53. The van der Waals surface area contributed by atoms with Gasteiger partial charge in [-0.1, -0.05) is 0 Å². The number of hydrogen-bond acceptors (Lipinski definition) is 4. The molecule has 0 amide bonds. The first-order valence-corrected chi connectivity index (χ1v) is 4.99. The van der Waals surface area contributed by atoms with E-state index in [0.29, 0.717) is 6.54 Å². The van der Waals surface area contributed by atoms with Gasteiger partial charge in [0.1, 0.15) is 5.82 Å². The largest absolute Gasteiger partial charge is 0.283 e. The quantitative estimate of drug-likeness (QED) is 0.647. The summed E-state index contributed by atoms with van der Waals surface area (Å²) in [5.41, 5.74) is 3.93. The summed E-state index contributed by atoms with van der Waals surface area (Å²) in [6, 6.07) is 0. The molecule has 4 nitrogen and oxygen atoms in total. The van der Waals surface area contributed by atoms with Gasteiger partial charge in [-0.25, -0.2) is 15.0 Å². The van der Waals surface area contributed by atoms with Crippen molar-refractivity contribution in [1.29, 1.82) is 0 Å². The monoisotopic (exact) mass is 202 g/mol. The van der Waals surface area contributed by atoms with E-state index in [-0.39, 0.29) is 0 Å². The molecule has 2 rings (SSSR count). The molecule has 0 saturated carbocycles.